The van der Waals surface area contributed by atoms with E-state index < -0.39 is 9.84 Å². The van der Waals surface area contributed by atoms with E-state index in [0.717, 1.165) is 12.8 Å². The summed E-state index contributed by atoms with van der Waals surface area (Å²) in [7, 11) is -2.83. The molecular formula is C11H24O2S. The van der Waals surface area contributed by atoms with Crippen LogP contribution >= 0.6 is 0 Å². The summed E-state index contributed by atoms with van der Waals surface area (Å²) >= 11 is 0. The van der Waals surface area contributed by atoms with Gasteiger partial charge in [-0.25, -0.2) is 8.42 Å². The van der Waals surface area contributed by atoms with Crippen molar-refractivity contribution >= 4 is 9.84 Å². The Morgan fingerprint density at radius 1 is 1.07 bits per heavy atom. The molecule has 0 amide bonds. The first-order valence-corrected chi connectivity index (χ1v) is 7.25. The Kier molecular flexibility index (Phi) is 4.20. The molecule has 0 heterocycles. The van der Waals surface area contributed by atoms with Crippen LogP contribution in [-0.2, 0) is 9.84 Å². The van der Waals surface area contributed by atoms with Gasteiger partial charge in [-0.3, -0.25) is 0 Å². The van der Waals surface area contributed by atoms with Gasteiger partial charge in [-0.2, -0.15) is 0 Å². The molecule has 0 saturated heterocycles. The first kappa shape index (κ1) is 13.9. The molecule has 2 nitrogen and oxygen atoms in total. The van der Waals surface area contributed by atoms with Gasteiger partial charge in [0.25, 0.3) is 0 Å². The van der Waals surface area contributed by atoms with Crippen molar-refractivity contribution in [3.63, 3.8) is 0 Å². The molecule has 86 valence electrons. The summed E-state index contributed by atoms with van der Waals surface area (Å²) in [5.41, 5.74) is 0.266. The highest BCUT2D eigenvalue weighted by Gasteiger charge is 2.35. The lowest BCUT2D eigenvalue weighted by Gasteiger charge is -2.41. The van der Waals surface area contributed by atoms with Crippen molar-refractivity contribution in [1.29, 1.82) is 0 Å². The van der Waals surface area contributed by atoms with Crippen LogP contribution in [0.15, 0.2) is 0 Å². The summed E-state index contributed by atoms with van der Waals surface area (Å²) in [6.07, 6.45) is 3.09. The summed E-state index contributed by atoms with van der Waals surface area (Å²) in [5, 5.41) is 0. The van der Waals surface area contributed by atoms with Crippen LogP contribution in [0.1, 0.15) is 47.5 Å². The Morgan fingerprint density at radius 2 is 1.50 bits per heavy atom. The van der Waals surface area contributed by atoms with Gasteiger partial charge in [0, 0.05) is 6.26 Å². The summed E-state index contributed by atoms with van der Waals surface area (Å²) in [6.45, 7) is 10.8. The van der Waals surface area contributed by atoms with Crippen LogP contribution in [0.4, 0.5) is 0 Å². The molecule has 0 aromatic heterocycles. The molecule has 3 heteroatoms. The molecule has 0 radical (unpaired) electrons. The minimum absolute atomic E-state index is 0.107. The maximum atomic E-state index is 11.1. The molecule has 0 fully saturated rings. The summed E-state index contributed by atoms with van der Waals surface area (Å²) in [5.74, 6) is 0.300. The lowest BCUT2D eigenvalue weighted by molar-refractivity contribution is 0.0984. The van der Waals surface area contributed by atoms with Crippen LogP contribution in [0.3, 0.4) is 0 Å². The standard InChI is InChI=1S/C11H24O2S/c1-7-11(5,10(2,3)4)8-9-14(6,12)13/h7-9H2,1-6H3. The van der Waals surface area contributed by atoms with Crippen LogP contribution in [0.5, 0.6) is 0 Å². The van der Waals surface area contributed by atoms with Gasteiger partial charge in [-0.05, 0) is 17.3 Å². The van der Waals surface area contributed by atoms with Crippen LogP contribution in [0.2, 0.25) is 0 Å². The van der Waals surface area contributed by atoms with Gasteiger partial charge in [0.2, 0.25) is 0 Å². The minimum Gasteiger partial charge on any atom is -0.229 e. The summed E-state index contributed by atoms with van der Waals surface area (Å²) < 4.78 is 22.2. The molecule has 1 unspecified atom stereocenters. The molecule has 0 spiro atoms. The molecule has 0 aliphatic heterocycles. The van der Waals surface area contributed by atoms with Crippen molar-refractivity contribution < 1.29 is 8.42 Å². The molecular weight excluding hydrogens is 196 g/mol. The first-order chi connectivity index (χ1) is 6.02. The normalized spacial score (nSPS) is 17.9. The van der Waals surface area contributed by atoms with Crippen molar-refractivity contribution in [2.45, 2.75) is 47.5 Å². The lowest BCUT2D eigenvalue weighted by atomic mass is 9.65. The second-order valence-corrected chi connectivity index (χ2v) is 7.80. The zero-order valence-electron chi connectivity index (χ0n) is 10.3. The Bertz CT molecular complexity index is 272. The first-order valence-electron chi connectivity index (χ1n) is 5.19. The fourth-order valence-corrected chi connectivity index (χ4v) is 2.31. The number of hydrogen-bond acceptors (Lipinski definition) is 2. The van der Waals surface area contributed by atoms with E-state index in [2.05, 4.69) is 34.6 Å². The smallest absolute Gasteiger partial charge is 0.147 e. The second kappa shape index (κ2) is 4.21. The number of rotatable bonds is 4. The molecule has 0 rings (SSSR count). The van der Waals surface area contributed by atoms with Crippen LogP contribution in [-0.4, -0.2) is 20.4 Å². The molecule has 0 aliphatic carbocycles. The van der Waals surface area contributed by atoms with Crippen molar-refractivity contribution in [3.8, 4) is 0 Å². The van der Waals surface area contributed by atoms with Crippen molar-refractivity contribution in [2.24, 2.45) is 10.8 Å². The maximum absolute atomic E-state index is 11.1. The molecule has 0 bridgehead atoms. The predicted octanol–water partition coefficient (Wildman–Crippen LogP) is 2.88. The Balaban J connectivity index is 4.59. The maximum Gasteiger partial charge on any atom is 0.147 e. The zero-order valence-corrected chi connectivity index (χ0v) is 11.2. The van der Waals surface area contributed by atoms with E-state index in [4.69, 9.17) is 0 Å². The summed E-state index contributed by atoms with van der Waals surface area (Å²) in [4.78, 5) is 0. The third kappa shape index (κ3) is 3.99. The van der Waals surface area contributed by atoms with Gasteiger partial charge in [-0.1, -0.05) is 41.0 Å². The minimum atomic E-state index is -2.83. The highest BCUT2D eigenvalue weighted by Crippen LogP contribution is 2.44. The third-order valence-electron chi connectivity index (χ3n) is 3.62. The average Bonchev–Trinajstić information content (AvgIpc) is 1.96. The average molecular weight is 220 g/mol. The monoisotopic (exact) mass is 220 g/mol. The Hall–Kier alpha value is -0.0500. The van der Waals surface area contributed by atoms with E-state index >= 15 is 0 Å². The van der Waals surface area contributed by atoms with E-state index in [0.29, 0.717) is 5.75 Å². The van der Waals surface area contributed by atoms with Gasteiger partial charge in [-0.15, -0.1) is 0 Å². The van der Waals surface area contributed by atoms with E-state index in [1.165, 1.54) is 6.26 Å². The van der Waals surface area contributed by atoms with Crippen molar-refractivity contribution in [3.05, 3.63) is 0 Å². The van der Waals surface area contributed by atoms with Gasteiger partial charge in [0.15, 0.2) is 0 Å². The van der Waals surface area contributed by atoms with Crippen LogP contribution in [0, 0.1) is 10.8 Å². The lowest BCUT2D eigenvalue weighted by Crippen LogP contribution is -2.34. The third-order valence-corrected chi connectivity index (χ3v) is 4.56. The van der Waals surface area contributed by atoms with E-state index in [-0.39, 0.29) is 10.8 Å². The van der Waals surface area contributed by atoms with Gasteiger partial charge >= 0.3 is 0 Å². The predicted molar refractivity (Wildman–Crippen MR) is 62.2 cm³/mol. The zero-order chi connectivity index (χ0) is 11.6. The second-order valence-electron chi connectivity index (χ2n) is 5.54. The van der Waals surface area contributed by atoms with Gasteiger partial charge < -0.3 is 0 Å². The fourth-order valence-electron chi connectivity index (χ4n) is 1.49. The Morgan fingerprint density at radius 3 is 1.71 bits per heavy atom. The SMILES string of the molecule is CCC(C)(CCS(C)(=O)=O)C(C)(C)C. The Labute approximate surface area is 89.0 Å². The number of sulfone groups is 1. The largest absolute Gasteiger partial charge is 0.229 e. The molecule has 14 heavy (non-hydrogen) atoms. The molecule has 1 atom stereocenters. The fraction of sp³-hybridized carbons (Fsp3) is 1.00. The highest BCUT2D eigenvalue weighted by atomic mass is 32.2. The van der Waals surface area contributed by atoms with E-state index in [9.17, 15) is 8.42 Å². The molecule has 0 aromatic carbocycles. The quantitative estimate of drug-likeness (QED) is 0.730. The molecule has 0 N–H and O–H groups in total. The van der Waals surface area contributed by atoms with Crippen LogP contribution in [0.25, 0.3) is 0 Å². The van der Waals surface area contributed by atoms with E-state index in [1.54, 1.807) is 0 Å². The molecule has 0 saturated carbocycles. The molecule has 0 aromatic rings. The van der Waals surface area contributed by atoms with Crippen molar-refractivity contribution in [1.82, 2.24) is 0 Å². The highest BCUT2D eigenvalue weighted by molar-refractivity contribution is 7.90. The van der Waals surface area contributed by atoms with Gasteiger partial charge in [0.05, 0.1) is 5.75 Å². The van der Waals surface area contributed by atoms with E-state index in [1.807, 2.05) is 0 Å². The van der Waals surface area contributed by atoms with Gasteiger partial charge in [0.1, 0.15) is 9.84 Å². The summed E-state index contributed by atoms with van der Waals surface area (Å²) in [6, 6.07) is 0. The topological polar surface area (TPSA) is 34.1 Å². The number of hydrogen-bond donors (Lipinski definition) is 0. The van der Waals surface area contributed by atoms with Crippen LogP contribution < -0.4 is 0 Å². The molecule has 0 aliphatic rings. The van der Waals surface area contributed by atoms with Crippen molar-refractivity contribution in [2.75, 3.05) is 12.0 Å².